The van der Waals surface area contributed by atoms with E-state index in [0.29, 0.717) is 5.56 Å². The summed E-state index contributed by atoms with van der Waals surface area (Å²) in [6.45, 7) is 0. The van der Waals surface area contributed by atoms with Crippen LogP contribution in [0.2, 0.25) is 0 Å². The predicted octanol–water partition coefficient (Wildman–Crippen LogP) is 1.51. The molecule has 1 aromatic rings. The molecule has 2 rings (SSSR count). The third-order valence-corrected chi connectivity index (χ3v) is 4.04. The van der Waals surface area contributed by atoms with Crippen molar-refractivity contribution in [1.29, 1.82) is 0 Å². The van der Waals surface area contributed by atoms with Crippen LogP contribution in [-0.4, -0.2) is 13.3 Å². The first-order chi connectivity index (χ1) is 7.89. The Bertz CT molecular complexity index is 564. The van der Waals surface area contributed by atoms with Crippen molar-refractivity contribution in [3.63, 3.8) is 0 Å². The molecule has 92 valence electrons. The number of nitrogens with two attached hydrogens (primary N) is 1. The van der Waals surface area contributed by atoms with Crippen LogP contribution in [0, 0.1) is 10.1 Å². The van der Waals surface area contributed by atoms with Gasteiger partial charge in [0.2, 0.25) is 10.0 Å². The van der Waals surface area contributed by atoms with E-state index in [0.717, 1.165) is 19.3 Å². The van der Waals surface area contributed by atoms with Crippen LogP contribution in [0.5, 0.6) is 0 Å². The average Bonchev–Trinajstić information content (AvgIpc) is 2.13. The van der Waals surface area contributed by atoms with Crippen molar-refractivity contribution in [1.82, 2.24) is 0 Å². The van der Waals surface area contributed by atoms with E-state index in [4.69, 9.17) is 5.14 Å². The predicted molar refractivity (Wildman–Crippen MR) is 61.1 cm³/mol. The van der Waals surface area contributed by atoms with Gasteiger partial charge in [0.25, 0.3) is 5.69 Å². The van der Waals surface area contributed by atoms with Crippen LogP contribution in [0.3, 0.4) is 0 Å². The van der Waals surface area contributed by atoms with Gasteiger partial charge in [-0.15, -0.1) is 0 Å². The maximum Gasteiger partial charge on any atom is 0.269 e. The minimum absolute atomic E-state index is 0.00722. The Kier molecular flexibility index (Phi) is 2.88. The largest absolute Gasteiger partial charge is 0.269 e. The second-order valence-corrected chi connectivity index (χ2v) is 5.68. The van der Waals surface area contributed by atoms with Crippen LogP contribution in [0.25, 0.3) is 0 Å². The Morgan fingerprint density at radius 2 is 2.00 bits per heavy atom. The zero-order valence-electron chi connectivity index (χ0n) is 9.00. The number of benzene rings is 1. The molecular formula is C10H12N2O4S. The summed E-state index contributed by atoms with van der Waals surface area (Å²) in [5.74, 6) is 0.0724. The van der Waals surface area contributed by atoms with Crippen molar-refractivity contribution >= 4 is 15.7 Å². The highest BCUT2D eigenvalue weighted by molar-refractivity contribution is 7.89. The maximum atomic E-state index is 11.4. The van der Waals surface area contributed by atoms with Crippen LogP contribution >= 0.6 is 0 Å². The molecule has 0 saturated heterocycles. The number of sulfonamides is 1. The molecule has 1 aliphatic carbocycles. The fraction of sp³-hybridized carbons (Fsp3) is 0.400. The lowest BCUT2D eigenvalue weighted by molar-refractivity contribution is -0.385. The lowest BCUT2D eigenvalue weighted by Crippen LogP contribution is -2.19. The molecule has 7 heteroatoms. The number of nitrogens with zero attached hydrogens (tertiary/aromatic N) is 1. The van der Waals surface area contributed by atoms with Crippen molar-refractivity contribution in [3.8, 4) is 0 Å². The fourth-order valence-electron chi connectivity index (χ4n) is 1.95. The van der Waals surface area contributed by atoms with Gasteiger partial charge in [0.1, 0.15) is 0 Å². The molecule has 1 aliphatic rings. The molecule has 17 heavy (non-hydrogen) atoms. The zero-order valence-corrected chi connectivity index (χ0v) is 9.81. The van der Waals surface area contributed by atoms with E-state index in [1.54, 1.807) is 0 Å². The number of non-ortho nitro benzene ring substituents is 1. The van der Waals surface area contributed by atoms with Gasteiger partial charge < -0.3 is 0 Å². The van der Waals surface area contributed by atoms with Crippen molar-refractivity contribution in [2.24, 2.45) is 5.14 Å². The number of primary sulfonamides is 1. The summed E-state index contributed by atoms with van der Waals surface area (Å²) < 4.78 is 22.8. The summed E-state index contributed by atoms with van der Waals surface area (Å²) in [4.78, 5) is 10.1. The lowest BCUT2D eigenvalue weighted by Gasteiger charge is -2.27. The van der Waals surface area contributed by atoms with Gasteiger partial charge in [-0.05, 0) is 30.4 Å². The maximum absolute atomic E-state index is 11.4. The molecule has 1 aromatic carbocycles. The summed E-state index contributed by atoms with van der Waals surface area (Å²) in [5, 5.41) is 15.8. The minimum atomic E-state index is -3.82. The van der Waals surface area contributed by atoms with Crippen LogP contribution in [0.15, 0.2) is 23.1 Å². The molecule has 1 saturated carbocycles. The first-order valence-electron chi connectivity index (χ1n) is 5.21. The van der Waals surface area contributed by atoms with E-state index in [-0.39, 0.29) is 16.5 Å². The van der Waals surface area contributed by atoms with Gasteiger partial charge in [-0.25, -0.2) is 13.6 Å². The first-order valence-corrected chi connectivity index (χ1v) is 6.75. The Balaban J connectivity index is 2.56. The minimum Gasteiger partial charge on any atom is -0.258 e. The van der Waals surface area contributed by atoms with Crippen molar-refractivity contribution in [2.75, 3.05) is 0 Å². The molecule has 2 N–H and O–H groups in total. The van der Waals surface area contributed by atoms with Gasteiger partial charge in [0.05, 0.1) is 9.82 Å². The summed E-state index contributed by atoms with van der Waals surface area (Å²) >= 11 is 0. The molecule has 0 bridgehead atoms. The number of hydrogen-bond acceptors (Lipinski definition) is 4. The lowest BCUT2D eigenvalue weighted by atomic mass is 9.80. The van der Waals surface area contributed by atoms with Crippen molar-refractivity contribution < 1.29 is 13.3 Å². The van der Waals surface area contributed by atoms with E-state index in [2.05, 4.69) is 0 Å². The van der Waals surface area contributed by atoms with Crippen molar-refractivity contribution in [3.05, 3.63) is 33.9 Å². The zero-order chi connectivity index (χ0) is 12.6. The number of hydrogen-bond donors (Lipinski definition) is 1. The highest BCUT2D eigenvalue weighted by Gasteiger charge is 2.27. The second-order valence-electron chi connectivity index (χ2n) is 4.15. The van der Waals surface area contributed by atoms with Gasteiger partial charge >= 0.3 is 0 Å². The normalized spacial score (nSPS) is 16.5. The molecule has 0 spiro atoms. The SMILES string of the molecule is NS(=O)(=O)c1ccc([N+](=O)[O-])cc1C1CCC1. The van der Waals surface area contributed by atoms with Gasteiger partial charge in [0.15, 0.2) is 0 Å². The molecule has 0 heterocycles. The van der Waals surface area contributed by atoms with Crippen molar-refractivity contribution in [2.45, 2.75) is 30.1 Å². The Labute approximate surface area is 98.6 Å². The second kappa shape index (κ2) is 4.08. The van der Waals surface area contributed by atoms with Gasteiger partial charge in [-0.3, -0.25) is 10.1 Å². The summed E-state index contributed by atoms with van der Waals surface area (Å²) in [7, 11) is -3.82. The van der Waals surface area contributed by atoms with E-state index in [1.165, 1.54) is 18.2 Å². The van der Waals surface area contributed by atoms with E-state index >= 15 is 0 Å². The average molecular weight is 256 g/mol. The first kappa shape index (κ1) is 12.0. The van der Waals surface area contributed by atoms with Gasteiger partial charge in [-0.1, -0.05) is 6.42 Å². The topological polar surface area (TPSA) is 103 Å². The quantitative estimate of drug-likeness (QED) is 0.653. The molecule has 1 fully saturated rings. The van der Waals surface area contributed by atoms with E-state index in [1.807, 2.05) is 0 Å². The standard InChI is InChI=1S/C10H12N2O4S/c11-17(15,16)10-5-4-8(12(13)14)6-9(10)7-2-1-3-7/h4-7H,1-3H2,(H2,11,15,16). The highest BCUT2D eigenvalue weighted by atomic mass is 32.2. The molecule has 0 radical (unpaired) electrons. The Hall–Kier alpha value is -1.47. The number of nitro benzene ring substituents is 1. The molecule has 0 aliphatic heterocycles. The van der Waals surface area contributed by atoms with Gasteiger partial charge in [0, 0.05) is 12.1 Å². The summed E-state index contributed by atoms with van der Waals surface area (Å²) in [6.07, 6.45) is 2.71. The van der Waals surface area contributed by atoms with E-state index < -0.39 is 14.9 Å². The number of rotatable bonds is 3. The monoisotopic (exact) mass is 256 g/mol. The Morgan fingerprint density at radius 1 is 1.35 bits per heavy atom. The van der Waals surface area contributed by atoms with Crippen LogP contribution in [-0.2, 0) is 10.0 Å². The third-order valence-electron chi connectivity index (χ3n) is 3.06. The molecule has 0 amide bonds. The van der Waals surface area contributed by atoms with Crippen LogP contribution < -0.4 is 5.14 Å². The third kappa shape index (κ3) is 2.29. The molecule has 0 atom stereocenters. The Morgan fingerprint density at radius 3 is 2.41 bits per heavy atom. The molecule has 6 nitrogen and oxygen atoms in total. The summed E-state index contributed by atoms with van der Waals surface area (Å²) in [6, 6.07) is 3.71. The smallest absolute Gasteiger partial charge is 0.258 e. The van der Waals surface area contributed by atoms with Gasteiger partial charge in [-0.2, -0.15) is 0 Å². The highest BCUT2D eigenvalue weighted by Crippen LogP contribution is 2.40. The number of nitro groups is 1. The van der Waals surface area contributed by atoms with E-state index in [9.17, 15) is 18.5 Å². The molecule has 0 aromatic heterocycles. The fourth-order valence-corrected chi connectivity index (χ4v) is 2.76. The molecule has 0 unspecified atom stereocenters. The summed E-state index contributed by atoms with van der Waals surface area (Å²) in [5.41, 5.74) is 0.382. The van der Waals surface area contributed by atoms with Crippen LogP contribution in [0.4, 0.5) is 5.69 Å². The molecular weight excluding hydrogens is 244 g/mol. The van der Waals surface area contributed by atoms with Crippen LogP contribution in [0.1, 0.15) is 30.7 Å².